The van der Waals surface area contributed by atoms with Crippen LogP contribution in [0.15, 0.2) is 72.8 Å². The molecule has 1 N–H and O–H groups in total. The van der Waals surface area contributed by atoms with Crippen molar-refractivity contribution in [1.29, 1.82) is 0 Å². The first kappa shape index (κ1) is 18.5. The molecule has 0 atom stereocenters. The third-order valence-corrected chi connectivity index (χ3v) is 4.32. The Morgan fingerprint density at radius 2 is 1.48 bits per heavy atom. The number of benzene rings is 3. The highest BCUT2D eigenvalue weighted by Crippen LogP contribution is 2.20. The van der Waals surface area contributed by atoms with Gasteiger partial charge in [-0.05, 0) is 60.9 Å². The number of ether oxygens (including phenoxy) is 2. The predicted molar refractivity (Wildman–Crippen MR) is 107 cm³/mol. The smallest absolute Gasteiger partial charge is 0.262 e. The van der Waals surface area contributed by atoms with E-state index in [0.717, 1.165) is 28.1 Å². The summed E-state index contributed by atoms with van der Waals surface area (Å²) in [7, 11) is 0. The number of anilines is 1. The normalized spacial score (nSPS) is 10.3. The molecule has 3 aromatic rings. The van der Waals surface area contributed by atoms with Crippen molar-refractivity contribution in [2.24, 2.45) is 0 Å². The van der Waals surface area contributed by atoms with Crippen LogP contribution in [-0.4, -0.2) is 12.5 Å². The number of nitrogens with one attached hydrogen (secondary N) is 1. The number of aryl methyl sites for hydroxylation is 1. The fraction of sp³-hybridized carbons (Fsp3) is 0.174. The van der Waals surface area contributed by atoms with Gasteiger partial charge in [-0.3, -0.25) is 4.79 Å². The van der Waals surface area contributed by atoms with Crippen LogP contribution in [0, 0.1) is 13.8 Å². The lowest BCUT2D eigenvalue weighted by molar-refractivity contribution is -0.118. The molecule has 0 aromatic heterocycles. The van der Waals surface area contributed by atoms with Crippen LogP contribution in [0.1, 0.15) is 16.7 Å². The lowest BCUT2D eigenvalue weighted by atomic mass is 10.1. The maximum Gasteiger partial charge on any atom is 0.262 e. The lowest BCUT2D eigenvalue weighted by Gasteiger charge is -2.11. The Labute approximate surface area is 159 Å². The molecule has 0 aliphatic heterocycles. The molecule has 0 unspecified atom stereocenters. The monoisotopic (exact) mass is 361 g/mol. The fourth-order valence-corrected chi connectivity index (χ4v) is 2.59. The quantitative estimate of drug-likeness (QED) is 0.651. The van der Waals surface area contributed by atoms with Gasteiger partial charge in [0.1, 0.15) is 18.1 Å². The largest absolute Gasteiger partial charge is 0.489 e. The molecular formula is C23H23NO3. The second-order valence-corrected chi connectivity index (χ2v) is 6.33. The summed E-state index contributed by atoms with van der Waals surface area (Å²) in [4.78, 5) is 12.1. The van der Waals surface area contributed by atoms with Crippen molar-refractivity contribution in [1.82, 2.24) is 0 Å². The van der Waals surface area contributed by atoms with Crippen LogP contribution < -0.4 is 14.8 Å². The second-order valence-electron chi connectivity index (χ2n) is 6.33. The molecule has 4 nitrogen and oxygen atoms in total. The Bertz CT molecular complexity index is 889. The first-order valence-corrected chi connectivity index (χ1v) is 8.87. The summed E-state index contributed by atoms with van der Waals surface area (Å²) in [6.45, 7) is 4.47. The number of amides is 1. The van der Waals surface area contributed by atoms with E-state index in [0.29, 0.717) is 12.4 Å². The average molecular weight is 361 g/mol. The summed E-state index contributed by atoms with van der Waals surface area (Å²) < 4.78 is 11.3. The molecule has 0 radical (unpaired) electrons. The Morgan fingerprint density at radius 1 is 0.815 bits per heavy atom. The third kappa shape index (κ3) is 5.35. The first-order chi connectivity index (χ1) is 13.1. The maximum absolute atomic E-state index is 12.1. The maximum atomic E-state index is 12.1. The van der Waals surface area contributed by atoms with Gasteiger partial charge in [0.2, 0.25) is 0 Å². The Kier molecular flexibility index (Phi) is 6.10. The molecule has 0 fully saturated rings. The van der Waals surface area contributed by atoms with Gasteiger partial charge < -0.3 is 14.8 Å². The molecule has 3 aromatic carbocycles. The van der Waals surface area contributed by atoms with Crippen molar-refractivity contribution in [3.05, 3.63) is 89.5 Å². The van der Waals surface area contributed by atoms with E-state index in [-0.39, 0.29) is 12.5 Å². The molecule has 0 saturated carbocycles. The Morgan fingerprint density at radius 3 is 2.19 bits per heavy atom. The van der Waals surface area contributed by atoms with Crippen LogP contribution in [0.25, 0.3) is 0 Å². The van der Waals surface area contributed by atoms with E-state index in [1.54, 1.807) is 12.1 Å². The molecule has 0 aliphatic carbocycles. The Balaban J connectivity index is 1.48. The van der Waals surface area contributed by atoms with Crippen molar-refractivity contribution in [2.45, 2.75) is 20.5 Å². The predicted octanol–water partition coefficient (Wildman–Crippen LogP) is 4.90. The minimum Gasteiger partial charge on any atom is -0.489 e. The van der Waals surface area contributed by atoms with Gasteiger partial charge in [-0.2, -0.15) is 0 Å². The third-order valence-electron chi connectivity index (χ3n) is 4.32. The van der Waals surface area contributed by atoms with Gasteiger partial charge >= 0.3 is 0 Å². The molecule has 0 aliphatic rings. The van der Waals surface area contributed by atoms with Crippen LogP contribution in [0.4, 0.5) is 5.69 Å². The zero-order valence-corrected chi connectivity index (χ0v) is 15.6. The molecule has 0 heterocycles. The number of hydrogen-bond donors (Lipinski definition) is 1. The fourth-order valence-electron chi connectivity index (χ4n) is 2.59. The SMILES string of the molecule is Cc1cccc(NC(=O)COc2ccc(OCc3ccccc3)cc2)c1C. The molecule has 27 heavy (non-hydrogen) atoms. The zero-order valence-electron chi connectivity index (χ0n) is 15.6. The van der Waals surface area contributed by atoms with Gasteiger partial charge in [0.25, 0.3) is 5.91 Å². The van der Waals surface area contributed by atoms with E-state index in [1.165, 1.54) is 0 Å². The van der Waals surface area contributed by atoms with E-state index in [4.69, 9.17) is 9.47 Å². The van der Waals surface area contributed by atoms with Crippen LogP contribution in [0.5, 0.6) is 11.5 Å². The van der Waals surface area contributed by atoms with Gasteiger partial charge in [0, 0.05) is 5.69 Å². The minimum atomic E-state index is -0.187. The van der Waals surface area contributed by atoms with Crippen molar-refractivity contribution in [2.75, 3.05) is 11.9 Å². The van der Waals surface area contributed by atoms with Crippen molar-refractivity contribution < 1.29 is 14.3 Å². The number of carbonyl (C=O) groups excluding carboxylic acids is 1. The summed E-state index contributed by atoms with van der Waals surface area (Å²) in [6, 6.07) is 23.1. The molecule has 1 amide bonds. The van der Waals surface area contributed by atoms with E-state index in [2.05, 4.69) is 5.32 Å². The summed E-state index contributed by atoms with van der Waals surface area (Å²) in [5.41, 5.74) is 4.12. The molecule has 138 valence electrons. The summed E-state index contributed by atoms with van der Waals surface area (Å²) >= 11 is 0. The number of carbonyl (C=O) groups is 1. The van der Waals surface area contributed by atoms with Crippen LogP contribution in [0.2, 0.25) is 0 Å². The molecule has 0 saturated heterocycles. The average Bonchev–Trinajstić information content (AvgIpc) is 2.70. The van der Waals surface area contributed by atoms with Crippen LogP contribution >= 0.6 is 0 Å². The first-order valence-electron chi connectivity index (χ1n) is 8.87. The van der Waals surface area contributed by atoms with Crippen LogP contribution in [0.3, 0.4) is 0 Å². The number of hydrogen-bond acceptors (Lipinski definition) is 3. The molecule has 0 spiro atoms. The van der Waals surface area contributed by atoms with Gasteiger partial charge in [-0.25, -0.2) is 0 Å². The number of rotatable bonds is 7. The van der Waals surface area contributed by atoms with Crippen molar-refractivity contribution >= 4 is 11.6 Å². The molecular weight excluding hydrogens is 338 g/mol. The van der Waals surface area contributed by atoms with Gasteiger partial charge in [-0.1, -0.05) is 42.5 Å². The van der Waals surface area contributed by atoms with Gasteiger partial charge in [0.05, 0.1) is 0 Å². The standard InChI is InChI=1S/C23H23NO3/c1-17-7-6-10-22(18(17)2)24-23(25)16-27-21-13-11-20(12-14-21)26-15-19-8-4-3-5-9-19/h3-14H,15-16H2,1-2H3,(H,24,25). The zero-order chi connectivity index (χ0) is 19.1. The highest BCUT2D eigenvalue weighted by molar-refractivity contribution is 5.92. The van der Waals surface area contributed by atoms with E-state index < -0.39 is 0 Å². The topological polar surface area (TPSA) is 47.6 Å². The molecule has 3 rings (SSSR count). The molecule has 0 bridgehead atoms. The lowest BCUT2D eigenvalue weighted by Crippen LogP contribution is -2.20. The van der Waals surface area contributed by atoms with E-state index in [1.807, 2.05) is 74.5 Å². The van der Waals surface area contributed by atoms with E-state index in [9.17, 15) is 4.79 Å². The summed E-state index contributed by atoms with van der Waals surface area (Å²) in [6.07, 6.45) is 0. The summed E-state index contributed by atoms with van der Waals surface area (Å²) in [5.74, 6) is 1.19. The van der Waals surface area contributed by atoms with Gasteiger partial charge in [-0.15, -0.1) is 0 Å². The minimum absolute atomic E-state index is 0.0440. The van der Waals surface area contributed by atoms with Gasteiger partial charge in [0.15, 0.2) is 6.61 Å². The highest BCUT2D eigenvalue weighted by Gasteiger charge is 2.07. The van der Waals surface area contributed by atoms with E-state index >= 15 is 0 Å². The Hall–Kier alpha value is -3.27. The summed E-state index contributed by atoms with van der Waals surface area (Å²) in [5, 5.41) is 2.88. The van der Waals surface area contributed by atoms with Crippen LogP contribution in [-0.2, 0) is 11.4 Å². The highest BCUT2D eigenvalue weighted by atomic mass is 16.5. The van der Waals surface area contributed by atoms with Crippen molar-refractivity contribution in [3.8, 4) is 11.5 Å². The van der Waals surface area contributed by atoms with Crippen molar-refractivity contribution in [3.63, 3.8) is 0 Å². The second kappa shape index (κ2) is 8.90. The molecule has 4 heteroatoms.